The van der Waals surface area contributed by atoms with Crippen LogP contribution in [0.25, 0.3) is 0 Å². The van der Waals surface area contributed by atoms with Crippen molar-refractivity contribution in [3.63, 3.8) is 0 Å². The van der Waals surface area contributed by atoms with Crippen LogP contribution < -0.4 is 10.6 Å². The third kappa shape index (κ3) is 7.18. The van der Waals surface area contributed by atoms with Gasteiger partial charge in [0.2, 0.25) is 5.82 Å². The number of hydrogen-bond acceptors (Lipinski definition) is 6. The molecule has 1 heterocycles. The summed E-state index contributed by atoms with van der Waals surface area (Å²) in [6.45, 7) is -0.920. The van der Waals surface area contributed by atoms with Crippen LogP contribution in [0.2, 0.25) is 0 Å². The number of aromatic nitrogens is 2. The molecule has 1 aromatic heterocycles. The van der Waals surface area contributed by atoms with Crippen LogP contribution in [-0.4, -0.2) is 36.6 Å². The van der Waals surface area contributed by atoms with Crippen LogP contribution in [-0.2, 0) is 22.5 Å². The molecule has 29 heavy (non-hydrogen) atoms. The molecular weight excluding hydrogens is 409 g/mol. The molecule has 1 aromatic carbocycles. The fourth-order valence-corrected chi connectivity index (χ4v) is 2.55. The molecule has 156 valence electrons. The van der Waals surface area contributed by atoms with Crippen molar-refractivity contribution in [1.29, 1.82) is 0 Å². The summed E-state index contributed by atoms with van der Waals surface area (Å²) in [5.41, 5.74) is -0.356. The van der Waals surface area contributed by atoms with Gasteiger partial charge in [0.25, 0.3) is 5.91 Å². The summed E-state index contributed by atoms with van der Waals surface area (Å²) in [5, 5.41) is 5.48. The molecule has 2 rings (SSSR count). The van der Waals surface area contributed by atoms with E-state index in [4.69, 9.17) is 2.74 Å². The number of amides is 1. The SMILES string of the molecule is [2H]C([2H])(Nc1nc(C(F)(F)F)ncc1C(=O)N[C@@H](C)/C=C/S(C)(=O)=O)c1ccccc1. The van der Waals surface area contributed by atoms with Crippen LogP contribution >= 0.6 is 0 Å². The van der Waals surface area contributed by atoms with E-state index in [2.05, 4.69) is 20.6 Å². The average Bonchev–Trinajstić information content (AvgIpc) is 2.65. The van der Waals surface area contributed by atoms with Gasteiger partial charge >= 0.3 is 6.18 Å². The van der Waals surface area contributed by atoms with Crippen molar-refractivity contribution in [2.75, 3.05) is 11.6 Å². The van der Waals surface area contributed by atoms with E-state index < -0.39 is 51.7 Å². The highest BCUT2D eigenvalue weighted by atomic mass is 32.2. The van der Waals surface area contributed by atoms with Gasteiger partial charge in [-0.15, -0.1) is 0 Å². The van der Waals surface area contributed by atoms with Crippen molar-refractivity contribution in [2.24, 2.45) is 0 Å². The number of anilines is 1. The first-order chi connectivity index (χ1) is 14.2. The van der Waals surface area contributed by atoms with Gasteiger partial charge in [0.05, 0.1) is 2.74 Å². The average molecular weight is 430 g/mol. The van der Waals surface area contributed by atoms with Crippen molar-refractivity contribution < 1.29 is 29.1 Å². The fourth-order valence-electron chi connectivity index (χ4n) is 2.03. The maximum Gasteiger partial charge on any atom is 0.451 e. The number of nitrogens with one attached hydrogen (secondary N) is 2. The van der Waals surface area contributed by atoms with Crippen LogP contribution in [0.1, 0.15) is 31.4 Å². The molecule has 1 amide bonds. The Kier molecular flexibility index (Phi) is 6.03. The van der Waals surface area contributed by atoms with E-state index >= 15 is 0 Å². The molecule has 0 saturated heterocycles. The lowest BCUT2D eigenvalue weighted by Gasteiger charge is -2.15. The van der Waals surface area contributed by atoms with Crippen molar-refractivity contribution in [3.05, 3.63) is 65.0 Å². The van der Waals surface area contributed by atoms with Gasteiger partial charge in [-0.2, -0.15) is 13.2 Å². The van der Waals surface area contributed by atoms with E-state index in [1.165, 1.54) is 25.1 Å². The largest absolute Gasteiger partial charge is 0.451 e. The minimum atomic E-state index is -4.92. The van der Waals surface area contributed by atoms with Crippen LogP contribution in [0.3, 0.4) is 0 Å². The zero-order valence-corrected chi connectivity index (χ0v) is 16.2. The Bertz CT molecular complexity index is 1080. The summed E-state index contributed by atoms with van der Waals surface area (Å²) >= 11 is 0. The predicted octanol–water partition coefficient (Wildman–Crippen LogP) is 2.78. The van der Waals surface area contributed by atoms with E-state index in [0.29, 0.717) is 6.20 Å². The molecule has 0 aliphatic carbocycles. The molecule has 0 radical (unpaired) electrons. The second kappa shape index (κ2) is 9.03. The number of carbonyl (C=O) groups excluding carboxylic acids is 1. The number of nitrogens with zero attached hydrogens (tertiary/aromatic N) is 2. The minimum Gasteiger partial charge on any atom is -0.365 e. The van der Waals surface area contributed by atoms with E-state index in [1.807, 2.05) is 0 Å². The van der Waals surface area contributed by atoms with E-state index in [1.54, 1.807) is 18.2 Å². The molecule has 0 fully saturated rings. The zero-order chi connectivity index (χ0) is 23.4. The van der Waals surface area contributed by atoms with Gasteiger partial charge in [-0.3, -0.25) is 4.79 Å². The molecule has 0 bridgehead atoms. The Morgan fingerprint density at radius 2 is 1.97 bits per heavy atom. The van der Waals surface area contributed by atoms with Crippen molar-refractivity contribution in [2.45, 2.75) is 25.6 Å². The fraction of sp³-hybridized carbons (Fsp3) is 0.278. The number of halogens is 3. The van der Waals surface area contributed by atoms with Crippen LogP contribution in [0, 0.1) is 0 Å². The van der Waals surface area contributed by atoms with Crippen molar-refractivity contribution in [3.8, 4) is 0 Å². The second-order valence-corrected chi connectivity index (χ2v) is 7.92. The summed E-state index contributed by atoms with van der Waals surface area (Å²) < 4.78 is 77.9. The molecule has 2 N–H and O–H groups in total. The normalized spacial score (nSPS) is 14.8. The van der Waals surface area contributed by atoms with Gasteiger partial charge in [0, 0.05) is 30.4 Å². The highest BCUT2D eigenvalue weighted by Gasteiger charge is 2.35. The number of sulfone groups is 1. The standard InChI is InChI=1S/C18H19F3N4O3S/c1-12(8-9-29(2,27)28)24-16(26)14-11-23-17(18(19,20)21)25-15(14)22-10-13-6-4-3-5-7-13/h3-9,11-12H,10H2,1-2H3,(H,24,26)(H,22,23,25)/b9-8+/t12-/m0/s1/i10D2. The Morgan fingerprint density at radius 3 is 2.55 bits per heavy atom. The first kappa shape index (κ1) is 19.4. The molecule has 0 aliphatic heterocycles. The second-order valence-electron chi connectivity index (χ2n) is 5.99. The summed E-state index contributed by atoms with van der Waals surface area (Å²) in [7, 11) is -3.45. The predicted molar refractivity (Wildman–Crippen MR) is 102 cm³/mol. The highest BCUT2D eigenvalue weighted by Crippen LogP contribution is 2.27. The smallest absolute Gasteiger partial charge is 0.365 e. The molecule has 0 aliphatic rings. The van der Waals surface area contributed by atoms with E-state index in [0.717, 1.165) is 11.7 Å². The molecule has 0 spiro atoms. The van der Waals surface area contributed by atoms with Gasteiger partial charge in [-0.1, -0.05) is 36.4 Å². The number of benzene rings is 1. The van der Waals surface area contributed by atoms with Gasteiger partial charge in [0.15, 0.2) is 9.84 Å². The number of alkyl halides is 3. The van der Waals surface area contributed by atoms with Gasteiger partial charge in [-0.05, 0) is 12.5 Å². The molecule has 7 nitrogen and oxygen atoms in total. The minimum absolute atomic E-state index is 0.0954. The summed E-state index contributed by atoms with van der Waals surface area (Å²) in [5.74, 6) is -3.15. The number of hydrogen-bond donors (Lipinski definition) is 2. The summed E-state index contributed by atoms with van der Waals surface area (Å²) in [6, 6.07) is 6.74. The Morgan fingerprint density at radius 1 is 1.31 bits per heavy atom. The van der Waals surface area contributed by atoms with Gasteiger partial charge in [0.1, 0.15) is 11.4 Å². The topological polar surface area (TPSA) is 101 Å². The molecular formula is C18H19F3N4O3S. The summed E-state index contributed by atoms with van der Waals surface area (Å²) in [4.78, 5) is 19.0. The van der Waals surface area contributed by atoms with Crippen LogP contribution in [0.4, 0.5) is 19.0 Å². The maximum atomic E-state index is 13.1. The summed E-state index contributed by atoms with van der Waals surface area (Å²) in [6.07, 6.45) is -2.16. The third-order valence-electron chi connectivity index (χ3n) is 3.36. The Hall–Kier alpha value is -2.95. The van der Waals surface area contributed by atoms with Crippen LogP contribution in [0.15, 0.2) is 48.0 Å². The lowest BCUT2D eigenvalue weighted by atomic mass is 10.2. The number of carbonyl (C=O) groups is 1. The Labute approximate surface area is 168 Å². The lowest BCUT2D eigenvalue weighted by Crippen LogP contribution is -2.32. The molecule has 1 atom stereocenters. The first-order valence-electron chi connectivity index (χ1n) is 9.16. The third-order valence-corrected chi connectivity index (χ3v) is 4.01. The lowest BCUT2D eigenvalue weighted by molar-refractivity contribution is -0.144. The number of rotatable bonds is 7. The quantitative estimate of drug-likeness (QED) is 0.701. The van der Waals surface area contributed by atoms with Crippen molar-refractivity contribution in [1.82, 2.24) is 15.3 Å². The highest BCUT2D eigenvalue weighted by molar-refractivity contribution is 7.93. The maximum absolute atomic E-state index is 13.1. The monoisotopic (exact) mass is 430 g/mol. The van der Waals surface area contributed by atoms with E-state index in [-0.39, 0.29) is 5.56 Å². The Balaban J connectivity index is 2.41. The first-order valence-corrected chi connectivity index (χ1v) is 10.1. The molecule has 2 aromatic rings. The molecule has 11 heteroatoms. The molecule has 0 saturated carbocycles. The zero-order valence-electron chi connectivity index (χ0n) is 17.4. The molecule has 0 unspecified atom stereocenters. The van der Waals surface area contributed by atoms with Gasteiger partial charge < -0.3 is 10.6 Å². The van der Waals surface area contributed by atoms with Crippen molar-refractivity contribution >= 4 is 21.6 Å². The van der Waals surface area contributed by atoms with Gasteiger partial charge in [-0.25, -0.2) is 18.4 Å². The van der Waals surface area contributed by atoms with E-state index in [9.17, 15) is 26.4 Å². The van der Waals surface area contributed by atoms with Crippen LogP contribution in [0.5, 0.6) is 0 Å².